The maximum Gasteiger partial charge on any atom is 0.224 e. The second-order valence-corrected chi connectivity index (χ2v) is 4.04. The monoisotopic (exact) mass is 229 g/mol. The van der Waals surface area contributed by atoms with E-state index in [1.165, 1.54) is 0 Å². The van der Waals surface area contributed by atoms with Crippen LogP contribution < -0.4 is 5.32 Å². The van der Waals surface area contributed by atoms with E-state index in [9.17, 15) is 4.79 Å². The van der Waals surface area contributed by atoms with Crippen molar-refractivity contribution in [3.8, 4) is 0 Å². The van der Waals surface area contributed by atoms with Gasteiger partial charge >= 0.3 is 0 Å². The lowest BCUT2D eigenvalue weighted by molar-refractivity contribution is -0.124. The lowest BCUT2D eigenvalue weighted by Gasteiger charge is -2.14. The van der Waals surface area contributed by atoms with Crippen LogP contribution in [0.15, 0.2) is 16.5 Å². The highest BCUT2D eigenvalue weighted by Gasteiger charge is 2.16. The molecule has 1 heterocycles. The standard InChI is InChI=1S/C11H16ClNO2/c1-7(6-12)11(14)13-9(3)10-5-4-8(2)15-10/h4-5,7,9H,6H2,1-3H3,(H,13,14). The van der Waals surface area contributed by atoms with E-state index in [1.807, 2.05) is 26.0 Å². The van der Waals surface area contributed by atoms with Gasteiger partial charge in [-0.1, -0.05) is 6.92 Å². The average Bonchev–Trinajstić information content (AvgIpc) is 2.63. The lowest BCUT2D eigenvalue weighted by Crippen LogP contribution is -2.32. The number of alkyl halides is 1. The third-order valence-corrected chi connectivity index (χ3v) is 2.69. The molecular weight excluding hydrogens is 214 g/mol. The first-order valence-electron chi connectivity index (χ1n) is 4.97. The van der Waals surface area contributed by atoms with E-state index in [0.29, 0.717) is 5.88 Å². The van der Waals surface area contributed by atoms with Gasteiger partial charge in [0.1, 0.15) is 11.5 Å². The number of halogens is 1. The number of carbonyl (C=O) groups excluding carboxylic acids is 1. The van der Waals surface area contributed by atoms with Crippen LogP contribution in [0, 0.1) is 12.8 Å². The zero-order valence-electron chi connectivity index (χ0n) is 9.21. The van der Waals surface area contributed by atoms with Crippen LogP contribution >= 0.6 is 11.6 Å². The topological polar surface area (TPSA) is 42.2 Å². The van der Waals surface area contributed by atoms with Gasteiger partial charge in [-0.3, -0.25) is 4.79 Å². The molecule has 0 aliphatic rings. The molecule has 3 nitrogen and oxygen atoms in total. The first-order chi connectivity index (χ1) is 7.04. The van der Waals surface area contributed by atoms with Crippen LogP contribution in [0.5, 0.6) is 0 Å². The lowest BCUT2D eigenvalue weighted by atomic mass is 10.2. The Balaban J connectivity index is 2.56. The van der Waals surface area contributed by atoms with Crippen LogP contribution in [0.2, 0.25) is 0 Å². The molecule has 1 aromatic rings. The van der Waals surface area contributed by atoms with Gasteiger partial charge in [0.2, 0.25) is 5.91 Å². The van der Waals surface area contributed by atoms with Gasteiger partial charge in [-0.2, -0.15) is 0 Å². The van der Waals surface area contributed by atoms with Crippen molar-refractivity contribution >= 4 is 17.5 Å². The summed E-state index contributed by atoms with van der Waals surface area (Å²) in [5.74, 6) is 1.71. The molecule has 0 aromatic carbocycles. The number of nitrogens with one attached hydrogen (secondary N) is 1. The molecule has 2 unspecified atom stereocenters. The summed E-state index contributed by atoms with van der Waals surface area (Å²) in [5, 5.41) is 2.84. The van der Waals surface area contributed by atoms with Crippen LogP contribution in [-0.2, 0) is 4.79 Å². The summed E-state index contributed by atoms with van der Waals surface area (Å²) >= 11 is 5.60. The predicted octanol–water partition coefficient (Wildman–Crippen LogP) is 2.64. The first-order valence-corrected chi connectivity index (χ1v) is 5.50. The zero-order valence-corrected chi connectivity index (χ0v) is 9.97. The molecule has 0 fully saturated rings. The SMILES string of the molecule is Cc1ccc(C(C)NC(=O)C(C)CCl)o1. The van der Waals surface area contributed by atoms with Crippen LogP contribution in [-0.4, -0.2) is 11.8 Å². The van der Waals surface area contributed by atoms with Gasteiger partial charge < -0.3 is 9.73 Å². The number of rotatable bonds is 4. The van der Waals surface area contributed by atoms with Gasteiger partial charge in [0.05, 0.1) is 6.04 Å². The quantitative estimate of drug-likeness (QED) is 0.807. The fourth-order valence-corrected chi connectivity index (χ4v) is 1.32. The van der Waals surface area contributed by atoms with Gasteiger partial charge in [-0.05, 0) is 26.0 Å². The predicted molar refractivity (Wildman–Crippen MR) is 59.9 cm³/mol. The summed E-state index contributed by atoms with van der Waals surface area (Å²) in [6.45, 7) is 5.55. The zero-order chi connectivity index (χ0) is 11.4. The summed E-state index contributed by atoms with van der Waals surface area (Å²) in [6, 6.07) is 3.63. The van der Waals surface area contributed by atoms with Crippen LogP contribution in [0.3, 0.4) is 0 Å². The smallest absolute Gasteiger partial charge is 0.224 e. The number of hydrogen-bond acceptors (Lipinski definition) is 2. The van der Waals surface area contributed by atoms with E-state index in [1.54, 1.807) is 6.92 Å². The van der Waals surface area contributed by atoms with Gasteiger partial charge in [-0.25, -0.2) is 0 Å². The van der Waals surface area contributed by atoms with Gasteiger partial charge in [0.15, 0.2) is 0 Å². The van der Waals surface area contributed by atoms with Crippen molar-refractivity contribution in [1.82, 2.24) is 5.32 Å². The first kappa shape index (κ1) is 12.1. The minimum absolute atomic E-state index is 0.0495. The molecule has 2 atom stereocenters. The van der Waals surface area contributed by atoms with Gasteiger partial charge in [0.25, 0.3) is 0 Å². The summed E-state index contributed by atoms with van der Waals surface area (Å²) in [4.78, 5) is 11.5. The molecule has 0 saturated heterocycles. The van der Waals surface area contributed by atoms with Gasteiger partial charge in [-0.15, -0.1) is 11.6 Å². The molecule has 84 valence electrons. The van der Waals surface area contributed by atoms with Crippen LogP contribution in [0.1, 0.15) is 31.4 Å². The maximum absolute atomic E-state index is 11.5. The second kappa shape index (κ2) is 5.21. The van der Waals surface area contributed by atoms with Gasteiger partial charge in [0, 0.05) is 11.8 Å². The Morgan fingerprint density at radius 2 is 2.20 bits per heavy atom. The Kier molecular flexibility index (Phi) is 4.21. The molecule has 0 saturated carbocycles. The summed E-state index contributed by atoms with van der Waals surface area (Å²) in [6.07, 6.45) is 0. The third-order valence-electron chi connectivity index (χ3n) is 2.23. The van der Waals surface area contributed by atoms with Crippen LogP contribution in [0.25, 0.3) is 0 Å². The molecule has 0 spiro atoms. The number of aryl methyl sites for hydroxylation is 1. The average molecular weight is 230 g/mol. The van der Waals surface area contributed by atoms with Crippen molar-refractivity contribution in [3.05, 3.63) is 23.7 Å². The highest BCUT2D eigenvalue weighted by molar-refractivity contribution is 6.19. The number of amides is 1. The molecule has 1 aromatic heterocycles. The molecule has 15 heavy (non-hydrogen) atoms. The van der Waals surface area contributed by atoms with Crippen molar-refractivity contribution in [2.24, 2.45) is 5.92 Å². The molecule has 0 aliphatic carbocycles. The Morgan fingerprint density at radius 1 is 1.53 bits per heavy atom. The minimum atomic E-state index is -0.176. The van der Waals surface area contributed by atoms with Crippen LogP contribution in [0.4, 0.5) is 0 Å². The molecule has 0 radical (unpaired) electrons. The van der Waals surface area contributed by atoms with Crippen molar-refractivity contribution in [3.63, 3.8) is 0 Å². The summed E-state index contributed by atoms with van der Waals surface area (Å²) in [5.41, 5.74) is 0. The third kappa shape index (κ3) is 3.27. The molecule has 4 heteroatoms. The summed E-state index contributed by atoms with van der Waals surface area (Å²) < 4.78 is 5.41. The number of hydrogen-bond donors (Lipinski definition) is 1. The molecule has 1 rings (SSSR count). The van der Waals surface area contributed by atoms with E-state index >= 15 is 0 Å². The van der Waals surface area contributed by atoms with Crippen molar-refractivity contribution in [1.29, 1.82) is 0 Å². The molecule has 0 aliphatic heterocycles. The fourth-order valence-electron chi connectivity index (χ4n) is 1.18. The Morgan fingerprint density at radius 3 is 2.67 bits per heavy atom. The van der Waals surface area contributed by atoms with Crippen molar-refractivity contribution in [2.45, 2.75) is 26.8 Å². The molecule has 0 bridgehead atoms. The fraction of sp³-hybridized carbons (Fsp3) is 0.545. The highest BCUT2D eigenvalue weighted by atomic mass is 35.5. The molecule has 1 amide bonds. The molecule has 1 N–H and O–H groups in total. The number of carbonyl (C=O) groups is 1. The Hall–Kier alpha value is -0.960. The normalized spacial score (nSPS) is 14.7. The van der Waals surface area contributed by atoms with E-state index in [2.05, 4.69) is 5.32 Å². The molecular formula is C11H16ClNO2. The number of furan rings is 1. The Labute approximate surface area is 94.8 Å². The van der Waals surface area contributed by atoms with E-state index in [-0.39, 0.29) is 17.9 Å². The highest BCUT2D eigenvalue weighted by Crippen LogP contribution is 2.16. The van der Waals surface area contributed by atoms with Crippen molar-refractivity contribution in [2.75, 3.05) is 5.88 Å². The van der Waals surface area contributed by atoms with E-state index in [4.69, 9.17) is 16.0 Å². The maximum atomic E-state index is 11.5. The second-order valence-electron chi connectivity index (χ2n) is 3.73. The Bertz CT molecular complexity index is 335. The van der Waals surface area contributed by atoms with Crippen molar-refractivity contribution < 1.29 is 9.21 Å². The summed E-state index contributed by atoms with van der Waals surface area (Å²) in [7, 11) is 0. The van der Waals surface area contributed by atoms with E-state index in [0.717, 1.165) is 11.5 Å². The van der Waals surface area contributed by atoms with E-state index < -0.39 is 0 Å². The largest absolute Gasteiger partial charge is 0.464 e. The minimum Gasteiger partial charge on any atom is -0.464 e.